The topological polar surface area (TPSA) is 44.9 Å². The molecular formula is C19H15FN2O. The molecule has 0 bridgehead atoms. The summed E-state index contributed by atoms with van der Waals surface area (Å²) in [5.41, 5.74) is 2.81. The Bertz CT molecular complexity index is 885. The van der Waals surface area contributed by atoms with Crippen LogP contribution in [0.2, 0.25) is 0 Å². The van der Waals surface area contributed by atoms with Crippen LogP contribution < -0.4 is 5.32 Å². The molecule has 3 aromatic rings. The minimum Gasteiger partial charge on any atom is -0.361 e. The SMILES string of the molecule is O=C(C#Cc1ccc2[nH]ccc2c1)NCCc1ccc(F)cc1. The number of amides is 1. The fourth-order valence-electron chi connectivity index (χ4n) is 2.28. The predicted octanol–water partition coefficient (Wildman–Crippen LogP) is 3.02. The lowest BCUT2D eigenvalue weighted by Gasteiger charge is -2.01. The highest BCUT2D eigenvalue weighted by molar-refractivity contribution is 5.94. The number of rotatable bonds is 3. The van der Waals surface area contributed by atoms with Crippen molar-refractivity contribution >= 4 is 16.8 Å². The number of hydrogen-bond acceptors (Lipinski definition) is 1. The molecular weight excluding hydrogens is 291 g/mol. The molecule has 4 heteroatoms. The lowest BCUT2D eigenvalue weighted by Crippen LogP contribution is -2.23. The molecule has 0 fully saturated rings. The van der Waals surface area contributed by atoms with Crippen molar-refractivity contribution < 1.29 is 9.18 Å². The first-order valence-corrected chi connectivity index (χ1v) is 7.32. The normalized spacial score (nSPS) is 10.1. The number of carbonyl (C=O) groups excluding carboxylic acids is 1. The molecule has 1 aromatic heterocycles. The molecule has 0 aliphatic rings. The zero-order chi connectivity index (χ0) is 16.1. The van der Waals surface area contributed by atoms with Gasteiger partial charge < -0.3 is 10.3 Å². The van der Waals surface area contributed by atoms with E-state index < -0.39 is 0 Å². The number of hydrogen-bond donors (Lipinski definition) is 2. The molecule has 2 N–H and O–H groups in total. The Morgan fingerprint density at radius 1 is 1.13 bits per heavy atom. The Labute approximate surface area is 133 Å². The first-order chi connectivity index (χ1) is 11.2. The zero-order valence-electron chi connectivity index (χ0n) is 12.4. The summed E-state index contributed by atoms with van der Waals surface area (Å²) in [6.07, 6.45) is 2.51. The minimum atomic E-state index is -0.318. The molecule has 2 aromatic carbocycles. The van der Waals surface area contributed by atoms with Gasteiger partial charge in [-0.05, 0) is 48.4 Å². The van der Waals surface area contributed by atoms with Crippen LogP contribution >= 0.6 is 0 Å². The van der Waals surface area contributed by atoms with Gasteiger partial charge in [0.25, 0.3) is 5.91 Å². The summed E-state index contributed by atoms with van der Waals surface area (Å²) in [7, 11) is 0. The molecule has 0 radical (unpaired) electrons. The second-order valence-corrected chi connectivity index (χ2v) is 5.16. The smallest absolute Gasteiger partial charge is 0.296 e. The molecule has 0 spiro atoms. The van der Waals surface area contributed by atoms with Crippen LogP contribution in [0.3, 0.4) is 0 Å². The highest BCUT2D eigenvalue weighted by Gasteiger charge is 1.98. The third-order valence-electron chi connectivity index (χ3n) is 3.49. The summed E-state index contributed by atoms with van der Waals surface area (Å²) in [5, 5.41) is 3.80. The fraction of sp³-hybridized carbons (Fsp3) is 0.105. The standard InChI is InChI=1S/C19H15FN2O/c20-17-5-1-14(2-6-17)9-11-22-19(23)8-4-15-3-7-18-16(13-15)10-12-21-18/h1-3,5-7,10,12-13,21H,9,11H2,(H,22,23). The van der Waals surface area contributed by atoms with Crippen LogP contribution in [-0.2, 0) is 11.2 Å². The van der Waals surface area contributed by atoms with E-state index in [9.17, 15) is 9.18 Å². The van der Waals surface area contributed by atoms with Crippen LogP contribution in [0, 0.1) is 17.7 Å². The zero-order valence-corrected chi connectivity index (χ0v) is 12.4. The summed E-state index contributed by atoms with van der Waals surface area (Å²) < 4.78 is 12.8. The van der Waals surface area contributed by atoms with Crippen molar-refractivity contribution in [2.75, 3.05) is 6.54 Å². The van der Waals surface area contributed by atoms with E-state index in [1.165, 1.54) is 12.1 Å². The Balaban J connectivity index is 1.54. The average Bonchev–Trinajstić information content (AvgIpc) is 3.02. The second-order valence-electron chi connectivity index (χ2n) is 5.16. The van der Waals surface area contributed by atoms with Gasteiger partial charge in [0.05, 0.1) is 0 Å². The monoisotopic (exact) mass is 306 g/mol. The number of halogens is 1. The third kappa shape index (κ3) is 3.98. The van der Waals surface area contributed by atoms with Gasteiger partial charge in [-0.3, -0.25) is 4.79 Å². The van der Waals surface area contributed by atoms with Gasteiger partial charge in [-0.2, -0.15) is 0 Å². The highest BCUT2D eigenvalue weighted by Crippen LogP contribution is 2.13. The number of H-pyrrole nitrogens is 1. The van der Waals surface area contributed by atoms with Crippen LogP contribution in [0.5, 0.6) is 0 Å². The molecule has 0 aliphatic carbocycles. The number of fused-ring (bicyclic) bond motifs is 1. The maximum Gasteiger partial charge on any atom is 0.296 e. The highest BCUT2D eigenvalue weighted by atomic mass is 19.1. The molecule has 3 rings (SSSR count). The van der Waals surface area contributed by atoms with Crippen molar-refractivity contribution in [3.8, 4) is 11.8 Å². The van der Waals surface area contributed by atoms with E-state index in [1.807, 2.05) is 30.5 Å². The number of aromatic amines is 1. The molecule has 114 valence electrons. The summed E-state index contributed by atoms with van der Waals surface area (Å²) in [6.45, 7) is 0.468. The van der Waals surface area contributed by atoms with Crippen LogP contribution in [0.15, 0.2) is 54.7 Å². The van der Waals surface area contributed by atoms with Gasteiger partial charge in [-0.25, -0.2) is 4.39 Å². The van der Waals surface area contributed by atoms with Crippen molar-refractivity contribution in [2.45, 2.75) is 6.42 Å². The van der Waals surface area contributed by atoms with Gasteiger partial charge in [0, 0.05) is 35.1 Å². The predicted molar refractivity (Wildman–Crippen MR) is 88.3 cm³/mol. The van der Waals surface area contributed by atoms with E-state index in [1.54, 1.807) is 12.1 Å². The Morgan fingerprint density at radius 3 is 2.78 bits per heavy atom. The number of benzene rings is 2. The lowest BCUT2D eigenvalue weighted by atomic mass is 10.1. The van der Waals surface area contributed by atoms with Crippen LogP contribution in [-0.4, -0.2) is 17.4 Å². The van der Waals surface area contributed by atoms with Gasteiger partial charge in [-0.1, -0.05) is 18.1 Å². The van der Waals surface area contributed by atoms with E-state index in [4.69, 9.17) is 0 Å². The average molecular weight is 306 g/mol. The quantitative estimate of drug-likeness (QED) is 0.718. The van der Waals surface area contributed by atoms with E-state index >= 15 is 0 Å². The maximum absolute atomic E-state index is 12.8. The molecule has 1 amide bonds. The van der Waals surface area contributed by atoms with Crippen molar-refractivity contribution in [1.29, 1.82) is 0 Å². The van der Waals surface area contributed by atoms with E-state index in [2.05, 4.69) is 22.1 Å². The molecule has 1 heterocycles. The van der Waals surface area contributed by atoms with Gasteiger partial charge in [-0.15, -0.1) is 0 Å². The van der Waals surface area contributed by atoms with E-state index in [0.717, 1.165) is 22.0 Å². The second kappa shape index (κ2) is 6.80. The summed E-state index contributed by atoms with van der Waals surface area (Å²) in [4.78, 5) is 14.8. The van der Waals surface area contributed by atoms with Crippen molar-refractivity contribution in [2.24, 2.45) is 0 Å². The van der Waals surface area contributed by atoms with Gasteiger partial charge in [0.1, 0.15) is 5.82 Å². The van der Waals surface area contributed by atoms with E-state index in [-0.39, 0.29) is 11.7 Å². The summed E-state index contributed by atoms with van der Waals surface area (Å²) in [6, 6.07) is 13.9. The Kier molecular flexibility index (Phi) is 4.39. The summed E-state index contributed by atoms with van der Waals surface area (Å²) in [5.74, 6) is 4.86. The Morgan fingerprint density at radius 2 is 1.96 bits per heavy atom. The first-order valence-electron chi connectivity index (χ1n) is 7.32. The largest absolute Gasteiger partial charge is 0.361 e. The Hall–Kier alpha value is -3.06. The van der Waals surface area contributed by atoms with Gasteiger partial charge in [0.15, 0.2) is 0 Å². The number of nitrogens with one attached hydrogen (secondary N) is 2. The van der Waals surface area contributed by atoms with Gasteiger partial charge in [0.2, 0.25) is 0 Å². The summed E-state index contributed by atoms with van der Waals surface area (Å²) >= 11 is 0. The molecule has 0 unspecified atom stereocenters. The third-order valence-corrected chi connectivity index (χ3v) is 3.49. The van der Waals surface area contributed by atoms with Crippen LogP contribution in [0.4, 0.5) is 4.39 Å². The van der Waals surface area contributed by atoms with Crippen molar-refractivity contribution in [1.82, 2.24) is 10.3 Å². The minimum absolute atomic E-state index is 0.261. The molecule has 0 atom stereocenters. The van der Waals surface area contributed by atoms with Crippen molar-refractivity contribution in [3.63, 3.8) is 0 Å². The molecule has 3 nitrogen and oxygen atoms in total. The van der Waals surface area contributed by atoms with E-state index in [0.29, 0.717) is 13.0 Å². The molecule has 0 saturated carbocycles. The van der Waals surface area contributed by atoms with Crippen molar-refractivity contribution in [3.05, 3.63) is 71.7 Å². The number of carbonyl (C=O) groups is 1. The number of aromatic nitrogens is 1. The van der Waals surface area contributed by atoms with Gasteiger partial charge >= 0.3 is 0 Å². The fourth-order valence-corrected chi connectivity index (χ4v) is 2.28. The maximum atomic E-state index is 12.8. The van der Waals surface area contributed by atoms with Crippen LogP contribution in [0.25, 0.3) is 10.9 Å². The molecule has 0 saturated heterocycles. The first kappa shape index (κ1) is 14.9. The lowest BCUT2D eigenvalue weighted by molar-refractivity contribution is -0.115. The van der Waals surface area contributed by atoms with Crippen LogP contribution in [0.1, 0.15) is 11.1 Å². The molecule has 23 heavy (non-hydrogen) atoms. The molecule has 0 aliphatic heterocycles.